The lowest BCUT2D eigenvalue weighted by molar-refractivity contribution is -0.122. The number of H-pyrrole nitrogens is 1. The number of piperidine rings is 1. The van der Waals surface area contributed by atoms with E-state index < -0.39 is 0 Å². The molecule has 1 aliphatic rings. The molecular weight excluding hydrogens is 516 g/mol. The van der Waals surface area contributed by atoms with E-state index in [-0.39, 0.29) is 12.5 Å². The monoisotopic (exact) mass is 548 g/mol. The van der Waals surface area contributed by atoms with E-state index in [9.17, 15) is 4.79 Å². The van der Waals surface area contributed by atoms with Crippen molar-refractivity contribution in [1.29, 1.82) is 0 Å². The number of aromatic nitrogens is 3. The number of imidazole rings is 1. The Hall–Kier alpha value is -3.82. The number of anilines is 1. The van der Waals surface area contributed by atoms with Gasteiger partial charge in [-0.2, -0.15) is 0 Å². The first kappa shape index (κ1) is 26.8. The number of hydrogen-bond donors (Lipinski definition) is 3. The quantitative estimate of drug-likeness (QED) is 0.276. The lowest BCUT2D eigenvalue weighted by Gasteiger charge is -2.33. The molecule has 5 rings (SSSR count). The molecule has 0 spiro atoms. The number of nitrogens with one attached hydrogen (secondary N) is 3. The summed E-state index contributed by atoms with van der Waals surface area (Å²) in [6.07, 6.45) is 3.66. The molecule has 204 valence electrons. The Morgan fingerprint density at radius 3 is 2.64 bits per heavy atom. The molecule has 1 fully saturated rings. The lowest BCUT2D eigenvalue weighted by Crippen LogP contribution is -2.38. The van der Waals surface area contributed by atoms with Gasteiger partial charge >= 0.3 is 0 Å². The van der Waals surface area contributed by atoms with Crippen LogP contribution in [0.3, 0.4) is 0 Å². The van der Waals surface area contributed by atoms with Crippen LogP contribution in [0.15, 0.2) is 48.7 Å². The second-order valence-corrected chi connectivity index (χ2v) is 10.2. The summed E-state index contributed by atoms with van der Waals surface area (Å²) < 4.78 is 10.9. The average Bonchev–Trinajstić information content (AvgIpc) is 3.39. The Morgan fingerprint density at radius 1 is 1.18 bits per heavy atom. The van der Waals surface area contributed by atoms with Crippen molar-refractivity contribution < 1.29 is 14.3 Å². The molecular formula is C29H33ClN6O3. The molecule has 0 radical (unpaired) electrons. The van der Waals surface area contributed by atoms with Crippen LogP contribution in [0.1, 0.15) is 24.0 Å². The van der Waals surface area contributed by atoms with Gasteiger partial charge in [0.05, 0.1) is 24.0 Å². The molecule has 39 heavy (non-hydrogen) atoms. The van der Waals surface area contributed by atoms with Crippen molar-refractivity contribution >= 4 is 34.4 Å². The van der Waals surface area contributed by atoms with Gasteiger partial charge in [0.2, 0.25) is 0 Å². The maximum absolute atomic E-state index is 11.4. The largest absolute Gasteiger partial charge is 0.496 e. The number of rotatable bonds is 9. The second-order valence-electron chi connectivity index (χ2n) is 9.75. The molecule has 3 N–H and O–H groups in total. The van der Waals surface area contributed by atoms with Crippen LogP contribution in [0.4, 0.5) is 5.69 Å². The summed E-state index contributed by atoms with van der Waals surface area (Å²) in [7, 11) is 3.28. The van der Waals surface area contributed by atoms with Crippen molar-refractivity contribution in [3.8, 4) is 22.9 Å². The molecule has 10 heteroatoms. The first-order valence-electron chi connectivity index (χ1n) is 13.0. The molecule has 1 aliphatic heterocycles. The SMILES string of the molecule is CNC(=O)COc1ccc(-c2nc3ncc(Cl)c(NC4CCN(Cc5ccc(OC)c(C)c5)CC4)c3[nH]2)cc1. The summed E-state index contributed by atoms with van der Waals surface area (Å²) >= 11 is 6.60. The van der Waals surface area contributed by atoms with E-state index in [0.29, 0.717) is 28.3 Å². The van der Waals surface area contributed by atoms with E-state index in [1.165, 1.54) is 5.56 Å². The Bertz CT molecular complexity index is 1450. The van der Waals surface area contributed by atoms with Crippen LogP contribution in [0.25, 0.3) is 22.6 Å². The minimum absolute atomic E-state index is 0.0297. The van der Waals surface area contributed by atoms with Crippen molar-refractivity contribution in [3.63, 3.8) is 0 Å². The summed E-state index contributed by atoms with van der Waals surface area (Å²) in [5.74, 6) is 2.03. The van der Waals surface area contributed by atoms with Crippen LogP contribution in [-0.2, 0) is 11.3 Å². The fraction of sp³-hybridized carbons (Fsp3) is 0.345. The van der Waals surface area contributed by atoms with Crippen LogP contribution < -0.4 is 20.1 Å². The summed E-state index contributed by atoms with van der Waals surface area (Å²) in [6.45, 7) is 4.97. The number of aromatic amines is 1. The zero-order valence-corrected chi connectivity index (χ0v) is 23.1. The molecule has 0 saturated carbocycles. The maximum atomic E-state index is 11.4. The third-order valence-corrected chi connectivity index (χ3v) is 7.34. The molecule has 1 saturated heterocycles. The molecule has 4 aromatic rings. The summed E-state index contributed by atoms with van der Waals surface area (Å²) in [5, 5.41) is 6.76. The Labute approximate surface area is 232 Å². The summed E-state index contributed by atoms with van der Waals surface area (Å²) in [6, 6.07) is 14.1. The minimum atomic E-state index is -0.183. The van der Waals surface area contributed by atoms with Crippen LogP contribution in [-0.4, -0.2) is 65.7 Å². The molecule has 0 unspecified atom stereocenters. The van der Waals surface area contributed by atoms with Gasteiger partial charge in [0.15, 0.2) is 12.3 Å². The van der Waals surface area contributed by atoms with Crippen molar-refractivity contribution in [1.82, 2.24) is 25.2 Å². The highest BCUT2D eigenvalue weighted by Gasteiger charge is 2.22. The van der Waals surface area contributed by atoms with Crippen molar-refractivity contribution in [3.05, 3.63) is 64.8 Å². The van der Waals surface area contributed by atoms with Crippen LogP contribution in [0.2, 0.25) is 5.02 Å². The van der Waals surface area contributed by atoms with Crippen molar-refractivity contribution in [2.45, 2.75) is 32.4 Å². The fourth-order valence-corrected chi connectivity index (χ4v) is 5.08. The smallest absolute Gasteiger partial charge is 0.257 e. The number of fused-ring (bicyclic) bond motifs is 1. The number of ether oxygens (including phenoxy) is 2. The number of nitrogens with zero attached hydrogens (tertiary/aromatic N) is 3. The van der Waals surface area contributed by atoms with Gasteiger partial charge in [-0.15, -0.1) is 0 Å². The Morgan fingerprint density at radius 2 is 1.95 bits per heavy atom. The maximum Gasteiger partial charge on any atom is 0.257 e. The molecule has 1 amide bonds. The van der Waals surface area contributed by atoms with E-state index in [2.05, 4.69) is 49.5 Å². The highest BCUT2D eigenvalue weighted by atomic mass is 35.5. The third kappa shape index (κ3) is 6.26. The fourth-order valence-electron chi connectivity index (χ4n) is 4.88. The number of pyridine rings is 1. The van der Waals surface area contributed by atoms with Gasteiger partial charge in [-0.3, -0.25) is 9.69 Å². The normalized spacial score (nSPS) is 14.4. The van der Waals surface area contributed by atoms with Crippen LogP contribution in [0, 0.1) is 6.92 Å². The van der Waals surface area contributed by atoms with Crippen LogP contribution in [0.5, 0.6) is 11.5 Å². The number of carbonyl (C=O) groups excluding carboxylic acids is 1. The van der Waals surface area contributed by atoms with Gasteiger partial charge < -0.3 is 25.1 Å². The average molecular weight is 549 g/mol. The number of halogens is 1. The van der Waals surface area contributed by atoms with E-state index in [4.69, 9.17) is 21.1 Å². The van der Waals surface area contributed by atoms with Gasteiger partial charge in [0.1, 0.15) is 22.8 Å². The van der Waals surface area contributed by atoms with Gasteiger partial charge in [-0.05, 0) is 61.2 Å². The molecule has 9 nitrogen and oxygen atoms in total. The van der Waals surface area contributed by atoms with E-state index in [0.717, 1.165) is 60.6 Å². The van der Waals surface area contributed by atoms with Crippen LogP contribution >= 0.6 is 11.6 Å². The second kappa shape index (κ2) is 11.9. The molecule has 2 aromatic carbocycles. The number of methoxy groups -OCH3 is 1. The van der Waals surface area contributed by atoms with E-state index >= 15 is 0 Å². The van der Waals surface area contributed by atoms with Gasteiger partial charge in [0.25, 0.3) is 5.91 Å². The lowest BCUT2D eigenvalue weighted by atomic mass is 10.0. The Balaban J connectivity index is 1.24. The third-order valence-electron chi connectivity index (χ3n) is 7.05. The predicted molar refractivity (Wildman–Crippen MR) is 154 cm³/mol. The highest BCUT2D eigenvalue weighted by molar-refractivity contribution is 6.34. The zero-order chi connectivity index (χ0) is 27.4. The first-order chi connectivity index (χ1) is 18.9. The van der Waals surface area contributed by atoms with Gasteiger partial charge in [0, 0.05) is 38.3 Å². The number of benzene rings is 2. The number of amides is 1. The molecule has 0 atom stereocenters. The number of carbonyl (C=O) groups is 1. The molecule has 0 bridgehead atoms. The number of likely N-dealkylation sites (tertiary alicyclic amines) is 1. The highest BCUT2D eigenvalue weighted by Crippen LogP contribution is 2.32. The number of likely N-dealkylation sites (N-methyl/N-ethyl adjacent to an activating group) is 1. The van der Waals surface area contributed by atoms with E-state index in [1.54, 1.807) is 20.4 Å². The first-order valence-corrected chi connectivity index (χ1v) is 13.4. The number of hydrogen-bond acceptors (Lipinski definition) is 7. The van der Waals surface area contributed by atoms with Gasteiger partial charge in [-0.25, -0.2) is 9.97 Å². The molecule has 0 aliphatic carbocycles. The summed E-state index contributed by atoms with van der Waals surface area (Å²) in [5.41, 5.74) is 5.55. The minimum Gasteiger partial charge on any atom is -0.496 e. The standard InChI is InChI=1S/C29H33ClN6O3/c1-18-14-19(4-9-24(18)38-3)16-36-12-10-21(11-13-36)33-26-23(30)15-32-29-27(26)34-28(35-29)20-5-7-22(8-6-20)39-17-25(37)31-2/h4-9,14-15,21H,10-13,16-17H2,1-3H3,(H,31,37)(H2,32,33,34,35). The molecule has 2 aromatic heterocycles. The predicted octanol–water partition coefficient (Wildman–Crippen LogP) is 4.80. The topological polar surface area (TPSA) is 104 Å². The van der Waals surface area contributed by atoms with Crippen molar-refractivity contribution in [2.24, 2.45) is 0 Å². The number of aryl methyl sites for hydroxylation is 1. The molecule has 3 heterocycles. The summed E-state index contributed by atoms with van der Waals surface area (Å²) in [4.78, 5) is 26.4. The zero-order valence-electron chi connectivity index (χ0n) is 22.4. The Kier molecular flexibility index (Phi) is 8.18. The van der Waals surface area contributed by atoms with Crippen molar-refractivity contribution in [2.75, 3.05) is 39.2 Å². The van der Waals surface area contributed by atoms with E-state index in [1.807, 2.05) is 30.3 Å². The van der Waals surface area contributed by atoms with Gasteiger partial charge in [-0.1, -0.05) is 23.7 Å².